The second kappa shape index (κ2) is 8.05. The van der Waals surface area contributed by atoms with Crippen LogP contribution in [0.2, 0.25) is 0 Å². The predicted molar refractivity (Wildman–Crippen MR) is 100.0 cm³/mol. The van der Waals surface area contributed by atoms with Crippen LogP contribution in [0.15, 0.2) is 35.8 Å². The van der Waals surface area contributed by atoms with Crippen molar-refractivity contribution in [2.24, 2.45) is 0 Å². The number of carbonyl (C=O) groups is 1. The van der Waals surface area contributed by atoms with E-state index in [0.29, 0.717) is 11.3 Å². The van der Waals surface area contributed by atoms with Crippen LogP contribution >= 0.6 is 11.5 Å². The quantitative estimate of drug-likeness (QED) is 0.699. The van der Waals surface area contributed by atoms with Gasteiger partial charge in [0.05, 0.1) is 23.9 Å². The number of carbonyl (C=O) groups excluding carboxylic acids is 1. The van der Waals surface area contributed by atoms with Gasteiger partial charge >= 0.3 is 6.18 Å². The number of nitrogens with one attached hydrogen (secondary N) is 2. The van der Waals surface area contributed by atoms with Gasteiger partial charge < -0.3 is 10.2 Å². The summed E-state index contributed by atoms with van der Waals surface area (Å²) in [6.45, 7) is -0.117. The molecule has 1 saturated heterocycles. The highest BCUT2D eigenvalue weighted by molar-refractivity contribution is 7.93. The number of nitrogens with zero attached hydrogens (tertiary/aromatic N) is 2. The first-order valence-corrected chi connectivity index (χ1v) is 10.6. The maximum atomic E-state index is 12.4. The van der Waals surface area contributed by atoms with E-state index in [1.54, 1.807) is 17.5 Å². The Hall–Kier alpha value is -2.18. The third-order valence-electron chi connectivity index (χ3n) is 4.15. The molecule has 0 spiro atoms. The van der Waals surface area contributed by atoms with Gasteiger partial charge in [-0.15, -0.1) is 0 Å². The van der Waals surface area contributed by atoms with Crippen molar-refractivity contribution < 1.29 is 26.4 Å². The van der Waals surface area contributed by atoms with Crippen LogP contribution in [0.25, 0.3) is 0 Å². The van der Waals surface area contributed by atoms with E-state index in [1.807, 2.05) is 0 Å². The molecule has 0 radical (unpaired) electrons. The molecule has 0 aliphatic carbocycles. The molecule has 1 aromatic carbocycles. The maximum absolute atomic E-state index is 12.4. The van der Waals surface area contributed by atoms with Crippen LogP contribution in [-0.2, 0) is 10.0 Å². The van der Waals surface area contributed by atoms with E-state index in [1.165, 1.54) is 23.2 Å². The fourth-order valence-corrected chi connectivity index (χ4v) is 4.57. The summed E-state index contributed by atoms with van der Waals surface area (Å²) in [6.07, 6.45) is -3.80. The number of aromatic nitrogens is 1. The lowest BCUT2D eigenvalue weighted by atomic mass is 10.2. The molecular weight excluding hydrogens is 417 g/mol. The monoisotopic (exact) mass is 434 g/mol. The Labute approximate surface area is 163 Å². The van der Waals surface area contributed by atoms with E-state index in [4.69, 9.17) is 0 Å². The van der Waals surface area contributed by atoms with Gasteiger partial charge in [0.1, 0.15) is 5.25 Å². The first-order valence-electron chi connectivity index (χ1n) is 8.24. The molecule has 1 fully saturated rings. The van der Waals surface area contributed by atoms with E-state index in [-0.39, 0.29) is 31.2 Å². The summed E-state index contributed by atoms with van der Waals surface area (Å²) in [5, 5.41) is 3.45. The van der Waals surface area contributed by atoms with Crippen LogP contribution in [0, 0.1) is 0 Å². The summed E-state index contributed by atoms with van der Waals surface area (Å²) in [5.74, 6) is -0.368. The van der Waals surface area contributed by atoms with Crippen molar-refractivity contribution in [1.82, 2.24) is 9.27 Å². The lowest BCUT2D eigenvalue weighted by molar-refractivity contribution is -0.139. The number of anilines is 2. The molecular formula is C16H17F3N4O3S2. The minimum atomic E-state index is -4.26. The van der Waals surface area contributed by atoms with Gasteiger partial charge in [0.25, 0.3) is 5.91 Å². The Balaban J connectivity index is 1.55. The third-order valence-corrected chi connectivity index (χ3v) is 6.43. The van der Waals surface area contributed by atoms with Crippen LogP contribution in [0.1, 0.15) is 16.8 Å². The molecule has 0 unspecified atom stereocenters. The zero-order chi connectivity index (χ0) is 20.4. The molecule has 1 amide bonds. The number of hydrogen-bond donors (Lipinski definition) is 2. The number of hydrogen-bond acceptors (Lipinski definition) is 6. The van der Waals surface area contributed by atoms with Crippen molar-refractivity contribution >= 4 is 38.8 Å². The topological polar surface area (TPSA) is 91.4 Å². The SMILES string of the molecule is O=C(Nc1cccc(NS(=O)(=O)C2CN(CCC(F)(F)F)C2)c1)c1cnsc1. The van der Waals surface area contributed by atoms with Crippen molar-refractivity contribution in [2.45, 2.75) is 17.8 Å². The molecule has 152 valence electrons. The average molecular weight is 434 g/mol. The summed E-state index contributed by atoms with van der Waals surface area (Å²) >= 11 is 1.14. The average Bonchev–Trinajstić information content (AvgIpc) is 3.06. The molecule has 28 heavy (non-hydrogen) atoms. The molecule has 2 aromatic rings. The van der Waals surface area contributed by atoms with Gasteiger partial charge in [0.2, 0.25) is 10.0 Å². The van der Waals surface area contributed by atoms with E-state index in [2.05, 4.69) is 14.4 Å². The molecule has 2 heterocycles. The van der Waals surface area contributed by atoms with Crippen molar-refractivity contribution in [1.29, 1.82) is 0 Å². The smallest absolute Gasteiger partial charge is 0.322 e. The van der Waals surface area contributed by atoms with E-state index >= 15 is 0 Å². The van der Waals surface area contributed by atoms with Gasteiger partial charge in [-0.2, -0.15) is 13.2 Å². The number of sulfonamides is 1. The van der Waals surface area contributed by atoms with Gasteiger partial charge in [0.15, 0.2) is 0 Å². The summed E-state index contributed by atoms with van der Waals surface area (Å²) < 4.78 is 67.7. The predicted octanol–water partition coefficient (Wildman–Crippen LogP) is 2.77. The van der Waals surface area contributed by atoms with Crippen LogP contribution in [-0.4, -0.2) is 54.7 Å². The van der Waals surface area contributed by atoms with Gasteiger partial charge in [0, 0.05) is 30.7 Å². The van der Waals surface area contributed by atoms with E-state index in [0.717, 1.165) is 11.5 Å². The first kappa shape index (κ1) is 20.6. The number of likely N-dealkylation sites (tertiary alicyclic amines) is 1. The summed E-state index contributed by atoms with van der Waals surface area (Å²) in [5.41, 5.74) is 1.05. The fourth-order valence-electron chi connectivity index (χ4n) is 2.61. The van der Waals surface area contributed by atoms with E-state index in [9.17, 15) is 26.4 Å². The van der Waals surface area contributed by atoms with Crippen LogP contribution < -0.4 is 10.0 Å². The summed E-state index contributed by atoms with van der Waals surface area (Å²) in [6, 6.07) is 6.18. The highest BCUT2D eigenvalue weighted by Gasteiger charge is 2.39. The number of rotatable bonds is 7. The van der Waals surface area contributed by atoms with Crippen LogP contribution in [0.3, 0.4) is 0 Å². The number of alkyl halides is 3. The zero-order valence-electron chi connectivity index (χ0n) is 14.4. The molecule has 0 saturated carbocycles. The van der Waals surface area contributed by atoms with Gasteiger partial charge in [-0.1, -0.05) is 6.07 Å². The molecule has 0 bridgehead atoms. The summed E-state index contributed by atoms with van der Waals surface area (Å²) in [7, 11) is -3.75. The minimum Gasteiger partial charge on any atom is -0.322 e. The van der Waals surface area contributed by atoms with Crippen molar-refractivity contribution in [2.75, 3.05) is 29.7 Å². The highest BCUT2D eigenvalue weighted by atomic mass is 32.2. The molecule has 0 atom stereocenters. The normalized spacial score (nSPS) is 15.8. The van der Waals surface area contributed by atoms with Gasteiger partial charge in [-0.3, -0.25) is 9.52 Å². The maximum Gasteiger partial charge on any atom is 0.390 e. The van der Waals surface area contributed by atoms with Crippen molar-refractivity contribution in [3.63, 3.8) is 0 Å². The van der Waals surface area contributed by atoms with E-state index < -0.39 is 27.9 Å². The minimum absolute atomic E-state index is 0.0486. The zero-order valence-corrected chi connectivity index (χ0v) is 16.1. The van der Waals surface area contributed by atoms with Gasteiger partial charge in [-0.25, -0.2) is 12.8 Å². The largest absolute Gasteiger partial charge is 0.390 e. The lowest BCUT2D eigenvalue weighted by Gasteiger charge is -2.38. The standard InChI is InChI=1S/C16H17F3N4O3S2/c17-16(18,19)4-5-23-8-14(9-23)28(25,26)22-13-3-1-2-12(6-13)21-15(24)11-7-20-27-10-11/h1-3,6-7,10,14,22H,4-5,8-9H2,(H,21,24). The molecule has 12 heteroatoms. The Bertz CT molecular complexity index is 927. The molecule has 2 N–H and O–H groups in total. The molecule has 1 aliphatic rings. The molecule has 3 rings (SSSR count). The Morgan fingerprint density at radius 1 is 1.29 bits per heavy atom. The third kappa shape index (κ3) is 5.42. The molecule has 1 aliphatic heterocycles. The second-order valence-electron chi connectivity index (χ2n) is 6.34. The Kier molecular flexibility index (Phi) is 5.91. The fraction of sp³-hybridized carbons (Fsp3) is 0.375. The van der Waals surface area contributed by atoms with Crippen molar-refractivity contribution in [3.05, 3.63) is 41.4 Å². The molecule has 1 aromatic heterocycles. The number of amides is 1. The van der Waals surface area contributed by atoms with Gasteiger partial charge in [-0.05, 0) is 29.7 Å². The lowest BCUT2D eigenvalue weighted by Crippen LogP contribution is -2.56. The highest BCUT2D eigenvalue weighted by Crippen LogP contribution is 2.25. The second-order valence-corrected chi connectivity index (χ2v) is 8.96. The first-order chi connectivity index (χ1) is 13.1. The number of halogens is 3. The van der Waals surface area contributed by atoms with Crippen molar-refractivity contribution in [3.8, 4) is 0 Å². The Morgan fingerprint density at radius 2 is 2.00 bits per heavy atom. The van der Waals surface area contributed by atoms with Crippen LogP contribution in [0.4, 0.5) is 24.5 Å². The van der Waals surface area contributed by atoms with Crippen LogP contribution in [0.5, 0.6) is 0 Å². The summed E-state index contributed by atoms with van der Waals surface area (Å²) in [4.78, 5) is 13.5. The Morgan fingerprint density at radius 3 is 2.64 bits per heavy atom. The number of benzene rings is 1. The molecule has 7 nitrogen and oxygen atoms in total.